The highest BCUT2D eigenvalue weighted by Crippen LogP contribution is 2.06. The number of ketones is 1. The number of Topliss-reactive ketones (excluding diaryl/α,β-unsaturated/α-hetero) is 1. The van der Waals surface area contributed by atoms with Crippen LogP contribution in [-0.4, -0.2) is 17.6 Å². The number of nitrogens with one attached hydrogen (secondary N) is 1. The van der Waals surface area contributed by atoms with Crippen LogP contribution in [0.1, 0.15) is 29.3 Å². The maximum absolute atomic E-state index is 11.2. The molecule has 16 heavy (non-hydrogen) atoms. The van der Waals surface area contributed by atoms with E-state index < -0.39 is 0 Å². The fraction of sp³-hybridized carbons (Fsp3) is 0.333. The third kappa shape index (κ3) is 3.66. The zero-order valence-corrected chi connectivity index (χ0v) is 9.88. The van der Waals surface area contributed by atoms with Gasteiger partial charge in [0, 0.05) is 18.5 Å². The largest absolute Gasteiger partial charge is 0.352 e. The average Bonchev–Trinajstić information content (AvgIpc) is 2.35. The summed E-state index contributed by atoms with van der Waals surface area (Å²) in [6.45, 7) is 2.29. The molecule has 0 bridgehead atoms. The van der Waals surface area contributed by atoms with Crippen LogP contribution in [0.25, 0.3) is 0 Å². The van der Waals surface area contributed by atoms with Crippen molar-refractivity contribution in [3.8, 4) is 0 Å². The molecule has 0 saturated carbocycles. The van der Waals surface area contributed by atoms with Gasteiger partial charge in [-0.05, 0) is 5.56 Å². The Hall–Kier alpha value is -1.35. The predicted molar refractivity (Wildman–Crippen MR) is 63.6 cm³/mol. The first-order valence-electron chi connectivity index (χ1n) is 5.12. The summed E-state index contributed by atoms with van der Waals surface area (Å²) in [4.78, 5) is 22.3. The minimum atomic E-state index is -0.0918. The van der Waals surface area contributed by atoms with Crippen LogP contribution in [0.3, 0.4) is 0 Å². The number of alkyl halides is 1. The van der Waals surface area contributed by atoms with Crippen molar-refractivity contribution in [3.63, 3.8) is 0 Å². The van der Waals surface area contributed by atoms with Crippen LogP contribution in [0.4, 0.5) is 0 Å². The summed E-state index contributed by atoms with van der Waals surface area (Å²) >= 11 is 5.44. The highest BCUT2D eigenvalue weighted by Gasteiger charge is 2.03. The number of hydrogen-bond donors (Lipinski definition) is 1. The lowest BCUT2D eigenvalue weighted by Gasteiger charge is -2.04. The van der Waals surface area contributed by atoms with Gasteiger partial charge in [-0.1, -0.05) is 31.2 Å². The molecule has 0 unspecified atom stereocenters. The zero-order chi connectivity index (χ0) is 12.0. The first kappa shape index (κ1) is 12.7. The van der Waals surface area contributed by atoms with Crippen LogP contribution < -0.4 is 5.32 Å². The molecule has 0 aliphatic heterocycles. The second-order valence-corrected chi connectivity index (χ2v) is 3.65. The fourth-order valence-corrected chi connectivity index (χ4v) is 1.37. The van der Waals surface area contributed by atoms with E-state index in [1.165, 1.54) is 0 Å². The van der Waals surface area contributed by atoms with E-state index in [0.29, 0.717) is 18.5 Å². The van der Waals surface area contributed by atoms with Gasteiger partial charge in [-0.3, -0.25) is 9.59 Å². The van der Waals surface area contributed by atoms with Crippen molar-refractivity contribution < 1.29 is 9.59 Å². The molecule has 0 saturated heterocycles. The molecule has 3 nitrogen and oxygen atoms in total. The van der Waals surface area contributed by atoms with Crippen molar-refractivity contribution in [1.82, 2.24) is 5.32 Å². The monoisotopic (exact) mass is 239 g/mol. The third-order valence-electron chi connectivity index (χ3n) is 2.21. The number of rotatable bonds is 5. The second-order valence-electron chi connectivity index (χ2n) is 3.38. The van der Waals surface area contributed by atoms with E-state index >= 15 is 0 Å². The number of benzene rings is 1. The highest BCUT2D eigenvalue weighted by atomic mass is 35.5. The number of carbonyl (C=O) groups is 2. The molecule has 0 aliphatic carbocycles. The summed E-state index contributed by atoms with van der Waals surface area (Å²) in [5.41, 5.74) is 1.56. The van der Waals surface area contributed by atoms with E-state index in [2.05, 4.69) is 5.32 Å². The quantitative estimate of drug-likeness (QED) is 0.632. The lowest BCUT2D eigenvalue weighted by Crippen LogP contribution is -2.21. The smallest absolute Gasteiger partial charge is 0.219 e. The molecule has 1 rings (SSSR count). The van der Waals surface area contributed by atoms with E-state index in [-0.39, 0.29) is 17.6 Å². The van der Waals surface area contributed by atoms with Crippen LogP contribution in [0.5, 0.6) is 0 Å². The van der Waals surface area contributed by atoms with Crippen molar-refractivity contribution in [2.45, 2.75) is 19.9 Å². The van der Waals surface area contributed by atoms with Gasteiger partial charge in [0.1, 0.15) is 0 Å². The lowest BCUT2D eigenvalue weighted by atomic mass is 10.1. The van der Waals surface area contributed by atoms with Crippen molar-refractivity contribution in [1.29, 1.82) is 0 Å². The van der Waals surface area contributed by atoms with Gasteiger partial charge < -0.3 is 5.32 Å². The molecule has 1 amide bonds. The SMILES string of the molecule is CCC(=O)NCc1ccc(C(=O)CCl)cc1. The van der Waals surface area contributed by atoms with Gasteiger partial charge in [0.2, 0.25) is 5.91 Å². The fourth-order valence-electron chi connectivity index (χ4n) is 1.21. The molecular formula is C12H14ClNO2. The van der Waals surface area contributed by atoms with E-state index in [1.54, 1.807) is 19.1 Å². The number of carbonyl (C=O) groups excluding carboxylic acids is 2. The van der Waals surface area contributed by atoms with Gasteiger partial charge in [-0.15, -0.1) is 11.6 Å². The van der Waals surface area contributed by atoms with Gasteiger partial charge in [0.05, 0.1) is 5.88 Å². The van der Waals surface area contributed by atoms with Gasteiger partial charge >= 0.3 is 0 Å². The van der Waals surface area contributed by atoms with Crippen LogP contribution in [0, 0.1) is 0 Å². The predicted octanol–water partition coefficient (Wildman–Crippen LogP) is 2.13. The molecule has 0 heterocycles. The standard InChI is InChI=1S/C12H14ClNO2/c1-2-12(16)14-8-9-3-5-10(6-4-9)11(15)7-13/h3-6H,2,7-8H2,1H3,(H,14,16). The third-order valence-corrected chi connectivity index (χ3v) is 2.45. The summed E-state index contributed by atoms with van der Waals surface area (Å²) in [5.74, 6) is -0.0851. The molecule has 1 N–H and O–H groups in total. The second kappa shape index (κ2) is 6.28. The Morgan fingerprint density at radius 2 is 1.88 bits per heavy atom. The Labute approximate surface area is 99.8 Å². The zero-order valence-electron chi connectivity index (χ0n) is 9.13. The Bertz CT molecular complexity index is 373. The summed E-state index contributed by atoms with van der Waals surface area (Å²) < 4.78 is 0. The highest BCUT2D eigenvalue weighted by molar-refractivity contribution is 6.30. The summed E-state index contributed by atoms with van der Waals surface area (Å²) in [7, 11) is 0. The molecule has 0 spiro atoms. The Morgan fingerprint density at radius 3 is 2.38 bits per heavy atom. The Kier molecular flexibility index (Phi) is 4.99. The molecule has 86 valence electrons. The van der Waals surface area contributed by atoms with Gasteiger partial charge in [0.15, 0.2) is 5.78 Å². The van der Waals surface area contributed by atoms with Crippen molar-refractivity contribution in [2.75, 3.05) is 5.88 Å². The van der Waals surface area contributed by atoms with Crippen LogP contribution in [0.2, 0.25) is 0 Å². The van der Waals surface area contributed by atoms with Gasteiger partial charge in [-0.2, -0.15) is 0 Å². The Morgan fingerprint density at radius 1 is 1.25 bits per heavy atom. The first-order chi connectivity index (χ1) is 7.67. The molecular weight excluding hydrogens is 226 g/mol. The summed E-state index contributed by atoms with van der Waals surface area (Å²) in [5, 5.41) is 2.76. The van der Waals surface area contributed by atoms with Crippen LogP contribution >= 0.6 is 11.6 Å². The van der Waals surface area contributed by atoms with Crippen molar-refractivity contribution in [2.24, 2.45) is 0 Å². The van der Waals surface area contributed by atoms with E-state index in [1.807, 2.05) is 12.1 Å². The maximum Gasteiger partial charge on any atom is 0.219 e. The van der Waals surface area contributed by atoms with Gasteiger partial charge in [-0.25, -0.2) is 0 Å². The minimum Gasteiger partial charge on any atom is -0.352 e. The first-order valence-corrected chi connectivity index (χ1v) is 5.65. The number of hydrogen-bond acceptors (Lipinski definition) is 2. The number of amides is 1. The molecule has 0 fully saturated rings. The van der Waals surface area contributed by atoms with Crippen molar-refractivity contribution >= 4 is 23.3 Å². The number of halogens is 1. The average molecular weight is 240 g/mol. The topological polar surface area (TPSA) is 46.2 Å². The molecule has 1 aromatic carbocycles. The maximum atomic E-state index is 11.2. The van der Waals surface area contributed by atoms with Gasteiger partial charge in [0.25, 0.3) is 0 Å². The summed E-state index contributed by atoms with van der Waals surface area (Å²) in [6.07, 6.45) is 0.475. The molecule has 0 aromatic heterocycles. The molecule has 0 atom stereocenters. The summed E-state index contributed by atoms with van der Waals surface area (Å²) in [6, 6.07) is 7.07. The lowest BCUT2D eigenvalue weighted by molar-refractivity contribution is -0.120. The van der Waals surface area contributed by atoms with E-state index in [4.69, 9.17) is 11.6 Å². The normalized spacial score (nSPS) is 9.88. The molecule has 0 aliphatic rings. The minimum absolute atomic E-state index is 0.00802. The van der Waals surface area contributed by atoms with Crippen molar-refractivity contribution in [3.05, 3.63) is 35.4 Å². The molecule has 0 radical (unpaired) electrons. The van der Waals surface area contributed by atoms with E-state index in [0.717, 1.165) is 5.56 Å². The van der Waals surface area contributed by atoms with E-state index in [9.17, 15) is 9.59 Å². The Balaban J connectivity index is 2.58. The van der Waals surface area contributed by atoms with Crippen LogP contribution in [-0.2, 0) is 11.3 Å². The molecule has 1 aromatic rings. The van der Waals surface area contributed by atoms with Crippen LogP contribution in [0.15, 0.2) is 24.3 Å². The molecule has 4 heteroatoms.